The van der Waals surface area contributed by atoms with Gasteiger partial charge in [-0.3, -0.25) is 9.89 Å². The van der Waals surface area contributed by atoms with Gasteiger partial charge in [0.15, 0.2) is 0 Å². The van der Waals surface area contributed by atoms with E-state index in [2.05, 4.69) is 91.7 Å². The molecule has 3 heteroatoms. The molecule has 1 fully saturated rings. The van der Waals surface area contributed by atoms with Gasteiger partial charge in [-0.05, 0) is 93.2 Å². The Bertz CT molecular complexity index is 1040. The Labute approximate surface area is 215 Å². The van der Waals surface area contributed by atoms with Gasteiger partial charge in [-0.25, -0.2) is 0 Å². The summed E-state index contributed by atoms with van der Waals surface area (Å²) in [5.41, 5.74) is 6.90. The Hall–Kier alpha value is -2.13. The molecule has 1 aromatic heterocycles. The summed E-state index contributed by atoms with van der Waals surface area (Å²) in [6.45, 7) is 15.1. The number of benzene rings is 1. The summed E-state index contributed by atoms with van der Waals surface area (Å²) >= 11 is 0. The molecule has 1 aliphatic rings. The molecule has 0 bridgehead atoms. The maximum absolute atomic E-state index is 4.19. The Morgan fingerprint density at radius 3 is 2.74 bits per heavy atom. The van der Waals surface area contributed by atoms with Crippen LogP contribution in [0.15, 0.2) is 47.5 Å². The summed E-state index contributed by atoms with van der Waals surface area (Å²) in [5.74, 6) is 2.29. The van der Waals surface area contributed by atoms with Crippen LogP contribution in [0, 0.1) is 24.7 Å². The van der Waals surface area contributed by atoms with Crippen LogP contribution in [0.3, 0.4) is 0 Å². The quantitative estimate of drug-likeness (QED) is 0.239. The van der Waals surface area contributed by atoms with Gasteiger partial charge in [0.2, 0.25) is 0 Å². The summed E-state index contributed by atoms with van der Waals surface area (Å²) in [5, 5.41) is 1.47. The zero-order valence-corrected chi connectivity index (χ0v) is 23.5. The van der Waals surface area contributed by atoms with E-state index in [0.29, 0.717) is 0 Å². The van der Waals surface area contributed by atoms with Crippen molar-refractivity contribution < 1.29 is 0 Å². The first-order valence-electron chi connectivity index (χ1n) is 13.9. The topological polar surface area (TPSA) is 20.5 Å². The molecule has 192 valence electrons. The Morgan fingerprint density at radius 2 is 2.03 bits per heavy atom. The molecule has 0 spiro atoms. The lowest BCUT2D eigenvalue weighted by atomic mass is 9.76. The zero-order chi connectivity index (χ0) is 25.4. The molecule has 2 aromatic rings. The SMILES string of the molecule is CCCc1ccc2c(c1)c(CN1CCCC(C(C)C(CC)C/C=C\C=C/C(C)=NC)C1)c(C)n2C. The first-order chi connectivity index (χ1) is 16.9. The largest absolute Gasteiger partial charge is 0.348 e. The van der Waals surface area contributed by atoms with Crippen molar-refractivity contribution in [2.45, 2.75) is 79.7 Å². The highest BCUT2D eigenvalue weighted by molar-refractivity contribution is 5.92. The van der Waals surface area contributed by atoms with Crippen molar-refractivity contribution in [2.75, 3.05) is 20.1 Å². The van der Waals surface area contributed by atoms with E-state index in [1.165, 1.54) is 73.8 Å². The van der Waals surface area contributed by atoms with Crippen LogP contribution in [-0.4, -0.2) is 35.3 Å². The molecule has 3 rings (SSSR count). The van der Waals surface area contributed by atoms with Gasteiger partial charge in [-0.2, -0.15) is 0 Å². The number of allylic oxidation sites excluding steroid dienone is 4. The first kappa shape index (κ1) is 27.5. The molecule has 3 atom stereocenters. The van der Waals surface area contributed by atoms with E-state index >= 15 is 0 Å². The fraction of sp³-hybridized carbons (Fsp3) is 0.594. The van der Waals surface area contributed by atoms with Crippen LogP contribution in [0.4, 0.5) is 0 Å². The van der Waals surface area contributed by atoms with Crippen molar-refractivity contribution in [3.63, 3.8) is 0 Å². The van der Waals surface area contributed by atoms with Gasteiger partial charge >= 0.3 is 0 Å². The van der Waals surface area contributed by atoms with Crippen molar-refractivity contribution in [3.8, 4) is 0 Å². The summed E-state index contributed by atoms with van der Waals surface area (Å²) in [7, 11) is 4.07. The number of hydrogen-bond acceptors (Lipinski definition) is 2. The van der Waals surface area contributed by atoms with E-state index in [1.54, 1.807) is 5.56 Å². The molecule has 2 heterocycles. The molecule has 3 unspecified atom stereocenters. The average molecular weight is 476 g/mol. The molecule has 0 amide bonds. The highest BCUT2D eigenvalue weighted by Gasteiger charge is 2.29. The Kier molecular flexibility index (Phi) is 10.4. The van der Waals surface area contributed by atoms with Crippen LogP contribution in [0.25, 0.3) is 10.9 Å². The Balaban J connectivity index is 1.68. The summed E-state index contributed by atoms with van der Waals surface area (Å²) in [6.07, 6.45) is 16.3. The van der Waals surface area contributed by atoms with Crippen LogP contribution in [-0.2, 0) is 20.0 Å². The third-order valence-electron chi connectivity index (χ3n) is 8.54. The lowest BCUT2D eigenvalue weighted by molar-refractivity contribution is 0.107. The molecular weight excluding hydrogens is 426 g/mol. The lowest BCUT2D eigenvalue weighted by Crippen LogP contribution is -2.39. The van der Waals surface area contributed by atoms with Crippen LogP contribution >= 0.6 is 0 Å². The number of aryl methyl sites for hydroxylation is 2. The van der Waals surface area contributed by atoms with Gasteiger partial charge in [0.05, 0.1) is 0 Å². The van der Waals surface area contributed by atoms with Crippen LogP contribution in [0.1, 0.15) is 76.6 Å². The molecule has 1 aromatic carbocycles. The lowest BCUT2D eigenvalue weighted by Gasteiger charge is -2.38. The molecule has 1 saturated heterocycles. The van der Waals surface area contributed by atoms with E-state index in [9.17, 15) is 0 Å². The number of rotatable bonds is 11. The van der Waals surface area contributed by atoms with Gasteiger partial charge in [0, 0.05) is 49.5 Å². The standard InChI is InChI=1S/C32H49N3/c1-8-14-27-18-19-32-30(21-27)31(26(5)34(32)7)23-35-20-13-17-29(22-35)25(4)28(9-2)16-12-10-11-15-24(3)33-6/h10-12,15,18-19,21,25,28-29H,8-9,13-14,16-17,20,22-23H2,1-7H3/b12-10-,15-11-,33-24?. The van der Waals surface area contributed by atoms with Gasteiger partial charge in [0.1, 0.15) is 0 Å². The fourth-order valence-corrected chi connectivity index (χ4v) is 5.97. The van der Waals surface area contributed by atoms with Crippen molar-refractivity contribution >= 4 is 16.6 Å². The maximum atomic E-state index is 4.19. The second kappa shape index (κ2) is 13.3. The fourth-order valence-electron chi connectivity index (χ4n) is 5.97. The molecule has 1 aliphatic heterocycles. The molecular formula is C32H49N3. The molecule has 0 aliphatic carbocycles. The predicted molar refractivity (Wildman–Crippen MR) is 155 cm³/mol. The number of nitrogens with zero attached hydrogens (tertiary/aromatic N) is 3. The number of hydrogen-bond donors (Lipinski definition) is 0. The third kappa shape index (κ3) is 6.97. The number of aliphatic imine (C=N–C) groups is 1. The maximum Gasteiger partial charge on any atom is 0.0483 e. The second-order valence-electron chi connectivity index (χ2n) is 10.8. The van der Waals surface area contributed by atoms with Crippen molar-refractivity contribution in [2.24, 2.45) is 29.8 Å². The molecule has 0 radical (unpaired) electrons. The van der Waals surface area contributed by atoms with Gasteiger partial charge in [0.25, 0.3) is 0 Å². The predicted octanol–water partition coefficient (Wildman–Crippen LogP) is 7.91. The van der Waals surface area contributed by atoms with Crippen LogP contribution in [0.2, 0.25) is 0 Å². The van der Waals surface area contributed by atoms with Crippen molar-refractivity contribution in [3.05, 3.63) is 59.3 Å². The zero-order valence-electron chi connectivity index (χ0n) is 23.5. The van der Waals surface area contributed by atoms with E-state index in [1.807, 2.05) is 14.0 Å². The van der Waals surface area contributed by atoms with Gasteiger partial charge in [-0.1, -0.05) is 57.9 Å². The smallest absolute Gasteiger partial charge is 0.0483 e. The van der Waals surface area contributed by atoms with Crippen molar-refractivity contribution in [1.82, 2.24) is 9.47 Å². The average Bonchev–Trinajstić information content (AvgIpc) is 3.10. The third-order valence-corrected chi connectivity index (χ3v) is 8.54. The number of piperidine rings is 1. The van der Waals surface area contributed by atoms with E-state index in [-0.39, 0.29) is 0 Å². The molecule has 3 nitrogen and oxygen atoms in total. The monoisotopic (exact) mass is 475 g/mol. The number of likely N-dealkylation sites (tertiary alicyclic amines) is 1. The number of aromatic nitrogens is 1. The Morgan fingerprint density at radius 1 is 1.23 bits per heavy atom. The minimum absolute atomic E-state index is 0.750. The van der Waals surface area contributed by atoms with E-state index in [0.717, 1.165) is 30.0 Å². The van der Waals surface area contributed by atoms with E-state index in [4.69, 9.17) is 0 Å². The summed E-state index contributed by atoms with van der Waals surface area (Å²) in [4.78, 5) is 6.94. The molecule has 0 N–H and O–H groups in total. The van der Waals surface area contributed by atoms with Crippen LogP contribution in [0.5, 0.6) is 0 Å². The van der Waals surface area contributed by atoms with E-state index < -0.39 is 0 Å². The van der Waals surface area contributed by atoms with Gasteiger partial charge in [-0.15, -0.1) is 0 Å². The highest BCUT2D eigenvalue weighted by Crippen LogP contribution is 2.34. The number of fused-ring (bicyclic) bond motifs is 1. The second-order valence-corrected chi connectivity index (χ2v) is 10.8. The highest BCUT2D eigenvalue weighted by atomic mass is 15.1. The van der Waals surface area contributed by atoms with Crippen LogP contribution < -0.4 is 0 Å². The normalized spacial score (nSPS) is 19.9. The molecule has 35 heavy (non-hydrogen) atoms. The minimum Gasteiger partial charge on any atom is -0.348 e. The summed E-state index contributed by atoms with van der Waals surface area (Å²) in [6, 6.07) is 7.12. The first-order valence-corrected chi connectivity index (χ1v) is 13.9. The van der Waals surface area contributed by atoms with Crippen molar-refractivity contribution in [1.29, 1.82) is 0 Å². The van der Waals surface area contributed by atoms with Gasteiger partial charge < -0.3 is 4.57 Å². The minimum atomic E-state index is 0.750. The summed E-state index contributed by atoms with van der Waals surface area (Å²) < 4.78 is 2.40. The molecule has 0 saturated carbocycles.